The number of hydrogen-bond acceptors (Lipinski definition) is 3. The summed E-state index contributed by atoms with van der Waals surface area (Å²) in [7, 11) is 0. The maximum atomic E-state index is 13.7. The van der Waals surface area contributed by atoms with Gasteiger partial charge in [-0.3, -0.25) is 9.59 Å². The summed E-state index contributed by atoms with van der Waals surface area (Å²) in [6.07, 6.45) is 3.97. The summed E-state index contributed by atoms with van der Waals surface area (Å²) >= 11 is 1.31. The summed E-state index contributed by atoms with van der Waals surface area (Å²) in [4.78, 5) is 27.6. The largest absolute Gasteiger partial charge is 0.341 e. The van der Waals surface area contributed by atoms with Crippen LogP contribution in [-0.2, 0) is 16.1 Å². The maximum absolute atomic E-state index is 13.7. The molecule has 0 saturated carbocycles. The molecule has 0 aliphatic carbocycles. The fraction of sp³-hybridized carbons (Fsp3) is 0.273. The molecule has 2 aromatic carbocycles. The van der Waals surface area contributed by atoms with Crippen LogP contribution in [0.1, 0.15) is 12.8 Å². The highest BCUT2D eigenvalue weighted by atomic mass is 32.2. The number of halogens is 2. The molecule has 8 heteroatoms. The van der Waals surface area contributed by atoms with Crippen molar-refractivity contribution in [2.75, 3.05) is 24.2 Å². The highest BCUT2D eigenvalue weighted by Gasteiger charge is 2.20. The first-order chi connectivity index (χ1) is 14.5. The van der Waals surface area contributed by atoms with E-state index in [4.69, 9.17) is 0 Å². The molecule has 5 nitrogen and oxygen atoms in total. The molecule has 0 spiro atoms. The second-order valence-electron chi connectivity index (χ2n) is 7.19. The van der Waals surface area contributed by atoms with Gasteiger partial charge in [-0.15, -0.1) is 11.8 Å². The molecule has 1 aliphatic rings. The number of nitrogens with zero attached hydrogens (tertiary/aromatic N) is 2. The van der Waals surface area contributed by atoms with Crippen LogP contribution in [0.3, 0.4) is 0 Å². The highest BCUT2D eigenvalue weighted by molar-refractivity contribution is 8.00. The van der Waals surface area contributed by atoms with Gasteiger partial charge in [0.05, 0.1) is 11.4 Å². The molecule has 2 amide bonds. The number of anilines is 1. The van der Waals surface area contributed by atoms with E-state index in [1.165, 1.54) is 17.8 Å². The summed E-state index contributed by atoms with van der Waals surface area (Å²) in [6, 6.07) is 10.7. The Hall–Kier alpha value is -2.87. The van der Waals surface area contributed by atoms with Crippen molar-refractivity contribution in [3.63, 3.8) is 0 Å². The molecule has 30 heavy (non-hydrogen) atoms. The summed E-state index contributed by atoms with van der Waals surface area (Å²) in [5, 5.41) is 3.42. The van der Waals surface area contributed by atoms with E-state index in [-0.39, 0.29) is 23.9 Å². The van der Waals surface area contributed by atoms with Crippen molar-refractivity contribution in [1.29, 1.82) is 0 Å². The Bertz CT molecular complexity index is 1090. The van der Waals surface area contributed by atoms with Crippen molar-refractivity contribution in [1.82, 2.24) is 9.47 Å². The number of amides is 2. The molecular weight excluding hydrogens is 408 g/mol. The molecule has 1 aromatic heterocycles. The number of carbonyl (C=O) groups is 2. The van der Waals surface area contributed by atoms with Gasteiger partial charge >= 0.3 is 0 Å². The van der Waals surface area contributed by atoms with E-state index in [0.29, 0.717) is 0 Å². The van der Waals surface area contributed by atoms with Gasteiger partial charge in [-0.25, -0.2) is 8.78 Å². The highest BCUT2D eigenvalue weighted by Crippen LogP contribution is 2.30. The molecule has 1 aliphatic heterocycles. The third-order valence-corrected chi connectivity index (χ3v) is 6.12. The number of likely N-dealkylation sites (tertiary alicyclic amines) is 1. The Morgan fingerprint density at radius 2 is 1.83 bits per heavy atom. The molecule has 2 heterocycles. The van der Waals surface area contributed by atoms with Gasteiger partial charge in [0.2, 0.25) is 11.8 Å². The number of thioether (sulfide) groups is 1. The molecule has 0 unspecified atom stereocenters. The Morgan fingerprint density at radius 3 is 2.60 bits per heavy atom. The first-order valence-electron chi connectivity index (χ1n) is 9.74. The van der Waals surface area contributed by atoms with Crippen LogP contribution in [0.15, 0.2) is 53.6 Å². The molecule has 0 bridgehead atoms. The van der Waals surface area contributed by atoms with Crippen LogP contribution in [-0.4, -0.2) is 40.1 Å². The van der Waals surface area contributed by atoms with E-state index in [1.54, 1.807) is 0 Å². The quantitative estimate of drug-likeness (QED) is 0.596. The number of aromatic nitrogens is 1. The zero-order valence-corrected chi connectivity index (χ0v) is 17.1. The summed E-state index contributed by atoms with van der Waals surface area (Å²) in [6.45, 7) is 1.87. The van der Waals surface area contributed by atoms with Crippen molar-refractivity contribution in [2.24, 2.45) is 0 Å². The first-order valence-corrected chi connectivity index (χ1v) is 10.7. The van der Waals surface area contributed by atoms with E-state index in [9.17, 15) is 18.4 Å². The van der Waals surface area contributed by atoms with Crippen LogP contribution in [0, 0.1) is 11.6 Å². The molecule has 4 rings (SSSR count). The zero-order chi connectivity index (χ0) is 21.1. The number of benzene rings is 2. The number of nitrogens with one attached hydrogen (secondary N) is 1. The predicted molar refractivity (Wildman–Crippen MR) is 113 cm³/mol. The number of rotatable bonds is 6. The van der Waals surface area contributed by atoms with Crippen molar-refractivity contribution in [3.05, 3.63) is 60.3 Å². The third kappa shape index (κ3) is 4.48. The zero-order valence-electron chi connectivity index (χ0n) is 16.2. The molecular formula is C22H21F2N3O2S. The summed E-state index contributed by atoms with van der Waals surface area (Å²) in [5.41, 5.74) is 0.873. The van der Waals surface area contributed by atoms with Gasteiger partial charge in [0, 0.05) is 41.2 Å². The lowest BCUT2D eigenvalue weighted by Crippen LogP contribution is -2.30. The maximum Gasteiger partial charge on any atom is 0.242 e. The number of hydrogen-bond donors (Lipinski definition) is 1. The van der Waals surface area contributed by atoms with Crippen molar-refractivity contribution in [3.8, 4) is 0 Å². The van der Waals surface area contributed by atoms with Crippen LogP contribution >= 0.6 is 11.8 Å². The Labute approximate surface area is 177 Å². The van der Waals surface area contributed by atoms with Gasteiger partial charge in [-0.2, -0.15) is 0 Å². The molecule has 156 valence electrons. The number of carbonyl (C=O) groups excluding carboxylic acids is 2. The van der Waals surface area contributed by atoms with Gasteiger partial charge in [0.15, 0.2) is 0 Å². The average Bonchev–Trinajstić information content (AvgIpc) is 3.38. The van der Waals surface area contributed by atoms with Gasteiger partial charge in [-0.05, 0) is 31.0 Å². The normalized spacial score (nSPS) is 13.7. The van der Waals surface area contributed by atoms with E-state index in [2.05, 4.69) is 5.32 Å². The molecule has 1 fully saturated rings. The van der Waals surface area contributed by atoms with Crippen LogP contribution in [0.25, 0.3) is 10.9 Å². The van der Waals surface area contributed by atoms with Gasteiger partial charge in [0.1, 0.15) is 18.2 Å². The Kier molecular flexibility index (Phi) is 6.03. The second-order valence-corrected chi connectivity index (χ2v) is 8.20. The molecule has 1 N–H and O–H groups in total. The molecule has 3 aromatic rings. The molecule has 0 radical (unpaired) electrons. The van der Waals surface area contributed by atoms with Crippen LogP contribution in [0.2, 0.25) is 0 Å². The van der Waals surface area contributed by atoms with Crippen molar-refractivity contribution in [2.45, 2.75) is 24.3 Å². The molecule has 1 saturated heterocycles. The minimum absolute atomic E-state index is 0.0550. The third-order valence-electron chi connectivity index (χ3n) is 5.08. The first kappa shape index (κ1) is 20.4. The number of fused-ring (bicyclic) bond motifs is 1. The minimum atomic E-state index is -0.814. The summed E-state index contributed by atoms with van der Waals surface area (Å²) < 4.78 is 28.7. The average molecular weight is 429 g/mol. The monoisotopic (exact) mass is 429 g/mol. The standard InChI is InChI=1S/C22H21F2N3O2S/c23-15-7-8-18(17(24)11-15)25-21(28)14-30-20-12-27(19-6-2-1-5-16(19)20)13-22(29)26-9-3-4-10-26/h1-2,5-8,11-12H,3-4,9-10,13-14H2,(H,25,28). The predicted octanol–water partition coefficient (Wildman–Crippen LogP) is 4.27. The van der Waals surface area contributed by atoms with E-state index in [1.807, 2.05) is 39.9 Å². The van der Waals surface area contributed by atoms with Crippen molar-refractivity contribution >= 4 is 40.2 Å². The summed E-state index contributed by atoms with van der Waals surface area (Å²) in [5.74, 6) is -1.75. The SMILES string of the molecule is O=C(CSc1cn(CC(=O)N2CCCC2)c2ccccc12)Nc1ccc(F)cc1F. The van der Waals surface area contributed by atoms with Gasteiger partial charge in [-0.1, -0.05) is 18.2 Å². The van der Waals surface area contributed by atoms with Crippen molar-refractivity contribution < 1.29 is 18.4 Å². The molecule has 0 atom stereocenters. The van der Waals surface area contributed by atoms with Crippen LogP contribution in [0.5, 0.6) is 0 Å². The lowest BCUT2D eigenvalue weighted by molar-refractivity contribution is -0.130. The van der Waals surface area contributed by atoms with Gasteiger partial charge < -0.3 is 14.8 Å². The second kappa shape index (κ2) is 8.87. The lowest BCUT2D eigenvalue weighted by atomic mass is 10.2. The van der Waals surface area contributed by atoms with E-state index >= 15 is 0 Å². The van der Waals surface area contributed by atoms with Crippen LogP contribution < -0.4 is 5.32 Å². The Morgan fingerprint density at radius 1 is 1.07 bits per heavy atom. The fourth-order valence-electron chi connectivity index (χ4n) is 3.59. The number of para-hydroxylation sites is 1. The topological polar surface area (TPSA) is 54.3 Å². The van der Waals surface area contributed by atoms with E-state index < -0.39 is 17.5 Å². The smallest absolute Gasteiger partial charge is 0.242 e. The van der Waals surface area contributed by atoms with Gasteiger partial charge in [0.25, 0.3) is 0 Å². The Balaban J connectivity index is 1.46. The van der Waals surface area contributed by atoms with Crippen LogP contribution in [0.4, 0.5) is 14.5 Å². The minimum Gasteiger partial charge on any atom is -0.341 e. The lowest BCUT2D eigenvalue weighted by Gasteiger charge is -2.15. The van der Waals surface area contributed by atoms with E-state index in [0.717, 1.165) is 53.9 Å². The fourth-order valence-corrected chi connectivity index (χ4v) is 4.48.